The van der Waals surface area contributed by atoms with Crippen LogP contribution >= 0.6 is 0 Å². The minimum Gasteiger partial charge on any atom is -0.371 e. The number of nitrogens with zero attached hydrogens (tertiary/aromatic N) is 1. The maximum atomic E-state index is 2.59. The number of benzene rings is 2. The van der Waals surface area contributed by atoms with E-state index in [0.717, 1.165) is 6.42 Å². The predicted octanol–water partition coefficient (Wildman–Crippen LogP) is 6.77. The van der Waals surface area contributed by atoms with Gasteiger partial charge in [0, 0.05) is 6.54 Å². The Labute approximate surface area is 152 Å². The summed E-state index contributed by atoms with van der Waals surface area (Å²) >= 11 is 0. The molecule has 1 fully saturated rings. The summed E-state index contributed by atoms with van der Waals surface area (Å²) in [7, 11) is 0. The van der Waals surface area contributed by atoms with Crippen molar-refractivity contribution in [2.24, 2.45) is 0 Å². The van der Waals surface area contributed by atoms with Crippen LogP contribution in [-0.4, -0.2) is 11.4 Å². The normalized spacial score (nSPS) is 21.7. The third-order valence-corrected chi connectivity index (χ3v) is 5.79. The van der Waals surface area contributed by atoms with Crippen molar-refractivity contribution >= 4 is 10.8 Å². The first-order valence-corrected chi connectivity index (χ1v) is 10.00. The van der Waals surface area contributed by atoms with Crippen molar-refractivity contribution in [3.8, 4) is 0 Å². The summed E-state index contributed by atoms with van der Waals surface area (Å²) in [5.74, 6) is 0. The molecule has 1 heterocycles. The van der Waals surface area contributed by atoms with E-state index in [2.05, 4.69) is 65.7 Å². The minimum absolute atomic E-state index is 0.524. The van der Waals surface area contributed by atoms with Crippen molar-refractivity contribution in [1.82, 2.24) is 4.90 Å². The Morgan fingerprint density at radius 1 is 0.960 bits per heavy atom. The highest BCUT2D eigenvalue weighted by molar-refractivity contribution is 5.86. The van der Waals surface area contributed by atoms with Crippen molar-refractivity contribution in [2.75, 3.05) is 6.54 Å². The second-order valence-electron chi connectivity index (χ2n) is 7.51. The van der Waals surface area contributed by atoms with Gasteiger partial charge in [-0.25, -0.2) is 0 Å². The van der Waals surface area contributed by atoms with E-state index in [1.54, 1.807) is 5.57 Å². The number of fused-ring (bicyclic) bond motifs is 1. The monoisotopic (exact) mass is 331 g/mol. The van der Waals surface area contributed by atoms with Gasteiger partial charge in [-0.05, 0) is 73.9 Å². The van der Waals surface area contributed by atoms with Crippen LogP contribution in [0.1, 0.15) is 63.0 Å². The van der Waals surface area contributed by atoms with E-state index in [1.807, 2.05) is 0 Å². The Bertz CT molecular complexity index is 765. The molecule has 1 unspecified atom stereocenters. The Morgan fingerprint density at radius 2 is 1.88 bits per heavy atom. The van der Waals surface area contributed by atoms with Gasteiger partial charge in [0.05, 0.1) is 6.04 Å². The SMILES string of the molecule is C(=CN1CCCCC1c1cccc2ccccc12)CC1=CCCCC1. The maximum absolute atomic E-state index is 2.59. The molecule has 0 aromatic heterocycles. The predicted molar refractivity (Wildman–Crippen MR) is 108 cm³/mol. The highest BCUT2D eigenvalue weighted by atomic mass is 15.1. The summed E-state index contributed by atoms with van der Waals surface area (Å²) in [5.41, 5.74) is 3.14. The molecular formula is C24H29N. The lowest BCUT2D eigenvalue weighted by Gasteiger charge is -2.36. The summed E-state index contributed by atoms with van der Waals surface area (Å²) in [4.78, 5) is 2.59. The van der Waals surface area contributed by atoms with Crippen LogP contribution in [0.5, 0.6) is 0 Å². The molecule has 1 saturated heterocycles. The van der Waals surface area contributed by atoms with Crippen LogP contribution < -0.4 is 0 Å². The van der Waals surface area contributed by atoms with Crippen molar-refractivity contribution in [3.05, 3.63) is 72.0 Å². The fourth-order valence-electron chi connectivity index (χ4n) is 4.44. The maximum Gasteiger partial charge on any atom is 0.0542 e. The molecule has 0 N–H and O–H groups in total. The lowest BCUT2D eigenvalue weighted by molar-refractivity contribution is 0.216. The number of likely N-dealkylation sites (tertiary alicyclic amines) is 1. The van der Waals surface area contributed by atoms with Gasteiger partial charge in [0.2, 0.25) is 0 Å². The lowest BCUT2D eigenvalue weighted by atomic mass is 9.91. The molecule has 1 aliphatic heterocycles. The zero-order valence-corrected chi connectivity index (χ0v) is 15.2. The van der Waals surface area contributed by atoms with E-state index in [0.29, 0.717) is 6.04 Å². The van der Waals surface area contributed by atoms with Gasteiger partial charge in [-0.15, -0.1) is 0 Å². The fraction of sp³-hybridized carbons (Fsp3) is 0.417. The average molecular weight is 332 g/mol. The van der Waals surface area contributed by atoms with Crippen LogP contribution in [0.4, 0.5) is 0 Å². The molecule has 0 bridgehead atoms. The number of piperidine rings is 1. The quantitative estimate of drug-likeness (QED) is 0.559. The second-order valence-corrected chi connectivity index (χ2v) is 7.51. The third-order valence-electron chi connectivity index (χ3n) is 5.79. The van der Waals surface area contributed by atoms with Crippen molar-refractivity contribution in [3.63, 3.8) is 0 Å². The highest BCUT2D eigenvalue weighted by Gasteiger charge is 2.22. The summed E-state index contributed by atoms with van der Waals surface area (Å²) in [6.07, 6.45) is 17.7. The molecule has 4 rings (SSSR count). The van der Waals surface area contributed by atoms with Gasteiger partial charge >= 0.3 is 0 Å². The zero-order chi connectivity index (χ0) is 16.9. The average Bonchev–Trinajstić information content (AvgIpc) is 2.69. The summed E-state index contributed by atoms with van der Waals surface area (Å²) in [5, 5.41) is 2.78. The number of hydrogen-bond donors (Lipinski definition) is 0. The molecule has 0 spiro atoms. The molecular weight excluding hydrogens is 302 g/mol. The van der Waals surface area contributed by atoms with Gasteiger partial charge in [0.15, 0.2) is 0 Å². The molecule has 2 aromatic rings. The summed E-state index contributed by atoms with van der Waals surface area (Å²) < 4.78 is 0. The number of allylic oxidation sites excluding steroid dienone is 3. The molecule has 2 aliphatic rings. The molecule has 2 aromatic carbocycles. The van der Waals surface area contributed by atoms with Gasteiger partial charge in [-0.2, -0.15) is 0 Å². The van der Waals surface area contributed by atoms with Crippen LogP contribution in [0.2, 0.25) is 0 Å². The molecule has 1 heteroatoms. The zero-order valence-electron chi connectivity index (χ0n) is 15.2. The minimum atomic E-state index is 0.524. The molecule has 1 atom stereocenters. The van der Waals surface area contributed by atoms with Crippen LogP contribution in [-0.2, 0) is 0 Å². The Kier molecular flexibility index (Phi) is 5.20. The standard InChI is InChI=1S/C24H29N/c1-2-10-20(11-3-1)12-9-19-25-18-7-6-17-24(25)23-16-8-14-21-13-4-5-15-22(21)23/h4-5,8-10,13-16,19,24H,1-3,6-7,11-12,17-18H2. The smallest absolute Gasteiger partial charge is 0.0542 e. The van der Waals surface area contributed by atoms with Gasteiger partial charge in [-0.1, -0.05) is 60.2 Å². The molecule has 1 nitrogen and oxygen atoms in total. The van der Waals surface area contributed by atoms with Gasteiger partial charge in [0.1, 0.15) is 0 Å². The van der Waals surface area contributed by atoms with Gasteiger partial charge < -0.3 is 4.90 Å². The first kappa shape index (κ1) is 16.4. The van der Waals surface area contributed by atoms with E-state index in [1.165, 1.54) is 67.8 Å². The molecule has 130 valence electrons. The molecule has 0 amide bonds. The number of hydrogen-bond acceptors (Lipinski definition) is 1. The van der Waals surface area contributed by atoms with E-state index < -0.39 is 0 Å². The molecule has 1 aliphatic carbocycles. The lowest BCUT2D eigenvalue weighted by Crippen LogP contribution is -2.29. The van der Waals surface area contributed by atoms with E-state index in [4.69, 9.17) is 0 Å². The first-order chi connectivity index (χ1) is 12.4. The summed E-state index contributed by atoms with van der Waals surface area (Å²) in [6.45, 7) is 1.18. The van der Waals surface area contributed by atoms with E-state index in [9.17, 15) is 0 Å². The number of rotatable bonds is 4. The first-order valence-electron chi connectivity index (χ1n) is 10.00. The Balaban J connectivity index is 1.55. The van der Waals surface area contributed by atoms with E-state index in [-0.39, 0.29) is 0 Å². The van der Waals surface area contributed by atoms with Crippen molar-refractivity contribution < 1.29 is 0 Å². The third kappa shape index (κ3) is 3.81. The van der Waals surface area contributed by atoms with Crippen molar-refractivity contribution in [1.29, 1.82) is 0 Å². The topological polar surface area (TPSA) is 3.24 Å². The largest absolute Gasteiger partial charge is 0.371 e. The molecule has 0 saturated carbocycles. The highest BCUT2D eigenvalue weighted by Crippen LogP contribution is 2.35. The second kappa shape index (κ2) is 7.91. The Morgan fingerprint density at radius 3 is 2.80 bits per heavy atom. The molecule has 25 heavy (non-hydrogen) atoms. The summed E-state index contributed by atoms with van der Waals surface area (Å²) in [6, 6.07) is 16.1. The van der Waals surface area contributed by atoms with Crippen LogP contribution in [0, 0.1) is 0 Å². The van der Waals surface area contributed by atoms with Crippen LogP contribution in [0.25, 0.3) is 10.8 Å². The fourth-order valence-corrected chi connectivity index (χ4v) is 4.44. The van der Waals surface area contributed by atoms with Crippen LogP contribution in [0.15, 0.2) is 66.4 Å². The molecule has 0 radical (unpaired) electrons. The van der Waals surface area contributed by atoms with Crippen molar-refractivity contribution in [2.45, 2.75) is 57.4 Å². The van der Waals surface area contributed by atoms with Gasteiger partial charge in [-0.3, -0.25) is 0 Å². The van der Waals surface area contributed by atoms with Crippen LogP contribution in [0.3, 0.4) is 0 Å². The van der Waals surface area contributed by atoms with E-state index >= 15 is 0 Å². The Hall–Kier alpha value is -2.02. The van der Waals surface area contributed by atoms with Gasteiger partial charge in [0.25, 0.3) is 0 Å².